The number of rotatable bonds is 5. The highest BCUT2D eigenvalue weighted by Crippen LogP contribution is 2.16. The normalized spacial score (nSPS) is 11.7. The van der Waals surface area contributed by atoms with Gasteiger partial charge in [0.2, 0.25) is 0 Å². The third kappa shape index (κ3) is 4.51. The molecule has 0 rings (SSSR count). The van der Waals surface area contributed by atoms with Gasteiger partial charge in [0.15, 0.2) is 0 Å². The fourth-order valence-corrected chi connectivity index (χ4v) is 1.10. The minimum Gasteiger partial charge on any atom is -0.464 e. The molecule has 0 heterocycles. The molecule has 0 aromatic rings. The van der Waals surface area contributed by atoms with Gasteiger partial charge in [0.1, 0.15) is 5.60 Å². The zero-order valence-electron chi connectivity index (χ0n) is 11.9. The van der Waals surface area contributed by atoms with E-state index in [0.717, 1.165) is 0 Å². The summed E-state index contributed by atoms with van der Waals surface area (Å²) < 4.78 is 14.3. The second-order valence-electron chi connectivity index (χ2n) is 4.75. The molecule has 7 heteroatoms. The maximum absolute atomic E-state index is 12.0. The Morgan fingerprint density at radius 2 is 1.26 bits per heavy atom. The summed E-state index contributed by atoms with van der Waals surface area (Å²) >= 11 is 0. The van der Waals surface area contributed by atoms with Crippen LogP contribution in [-0.2, 0) is 28.6 Å². The van der Waals surface area contributed by atoms with Crippen LogP contribution in [0.25, 0.3) is 0 Å². The Labute approximate surface area is 112 Å². The average Bonchev–Trinajstić information content (AvgIpc) is 2.25. The van der Waals surface area contributed by atoms with Crippen molar-refractivity contribution in [3.8, 4) is 0 Å². The van der Waals surface area contributed by atoms with Crippen molar-refractivity contribution in [1.29, 1.82) is 0 Å². The van der Waals surface area contributed by atoms with Crippen LogP contribution >= 0.6 is 0 Å². The second kappa shape index (κ2) is 6.51. The van der Waals surface area contributed by atoms with Crippen LogP contribution in [0.1, 0.15) is 34.6 Å². The third-order valence-corrected chi connectivity index (χ3v) is 1.92. The van der Waals surface area contributed by atoms with Gasteiger partial charge in [-0.1, -0.05) is 0 Å². The van der Waals surface area contributed by atoms with Crippen LogP contribution in [0.3, 0.4) is 0 Å². The predicted octanol–water partition coefficient (Wildman–Crippen LogP) is 0.152. The predicted molar refractivity (Wildman–Crippen MR) is 66.0 cm³/mol. The molecule has 0 aliphatic rings. The summed E-state index contributed by atoms with van der Waals surface area (Å²) in [5.74, 6) is -3.58. The van der Waals surface area contributed by atoms with Crippen LogP contribution in [0.5, 0.6) is 0 Å². The molecule has 0 aliphatic carbocycles. The van der Waals surface area contributed by atoms with Gasteiger partial charge in [-0.05, 0) is 34.6 Å². The number of ether oxygens (including phenoxy) is 3. The van der Waals surface area contributed by atoms with Crippen molar-refractivity contribution in [3.63, 3.8) is 0 Å². The number of hydrogen-bond donors (Lipinski definition) is 1. The van der Waals surface area contributed by atoms with E-state index in [9.17, 15) is 14.4 Å². The molecule has 0 amide bonds. The number of nitrogens with two attached hydrogens (primary N) is 1. The lowest BCUT2D eigenvalue weighted by molar-refractivity contribution is -0.179. The Morgan fingerprint density at radius 3 is 1.53 bits per heavy atom. The standard InChI is InChI=1S/C12H21NO6/c1-6-17-8(14)12(13,9(15)18-7-2)10(16)19-11(3,4)5/h6-7,13H2,1-5H3. The third-order valence-electron chi connectivity index (χ3n) is 1.92. The topological polar surface area (TPSA) is 105 Å². The minimum atomic E-state index is -2.60. The number of carbonyl (C=O) groups excluding carboxylic acids is 3. The second-order valence-corrected chi connectivity index (χ2v) is 4.75. The Morgan fingerprint density at radius 1 is 0.895 bits per heavy atom. The van der Waals surface area contributed by atoms with E-state index in [2.05, 4.69) is 9.47 Å². The molecule has 0 saturated heterocycles. The van der Waals surface area contributed by atoms with Gasteiger partial charge in [-0.2, -0.15) is 0 Å². The van der Waals surface area contributed by atoms with Crippen molar-refractivity contribution < 1.29 is 28.6 Å². The first-order valence-corrected chi connectivity index (χ1v) is 5.96. The van der Waals surface area contributed by atoms with E-state index in [-0.39, 0.29) is 13.2 Å². The molecule has 0 aliphatic heterocycles. The van der Waals surface area contributed by atoms with E-state index in [1.54, 1.807) is 20.8 Å². The van der Waals surface area contributed by atoms with Gasteiger partial charge in [-0.15, -0.1) is 0 Å². The Balaban J connectivity index is 5.32. The zero-order valence-corrected chi connectivity index (χ0v) is 11.9. The van der Waals surface area contributed by atoms with E-state index in [1.165, 1.54) is 13.8 Å². The fraction of sp³-hybridized carbons (Fsp3) is 0.750. The van der Waals surface area contributed by atoms with Gasteiger partial charge >= 0.3 is 23.4 Å². The maximum Gasteiger partial charge on any atom is 0.350 e. The van der Waals surface area contributed by atoms with E-state index in [4.69, 9.17) is 10.5 Å². The molecule has 0 aromatic carbocycles. The van der Waals surface area contributed by atoms with Crippen molar-refractivity contribution >= 4 is 17.9 Å². The van der Waals surface area contributed by atoms with E-state index in [0.29, 0.717) is 0 Å². The first-order valence-electron chi connectivity index (χ1n) is 5.96. The SMILES string of the molecule is CCOC(=O)C(N)(C(=O)OCC)C(=O)OC(C)(C)C. The Bertz CT molecular complexity index is 340. The lowest BCUT2D eigenvalue weighted by atomic mass is 10.0. The van der Waals surface area contributed by atoms with Crippen molar-refractivity contribution in [3.05, 3.63) is 0 Å². The summed E-state index contributed by atoms with van der Waals surface area (Å²) in [5, 5.41) is 0. The summed E-state index contributed by atoms with van der Waals surface area (Å²) in [6.45, 7) is 7.75. The summed E-state index contributed by atoms with van der Waals surface area (Å²) in [7, 11) is 0. The van der Waals surface area contributed by atoms with Crippen LogP contribution in [-0.4, -0.2) is 42.3 Å². The molecule has 0 radical (unpaired) electrons. The van der Waals surface area contributed by atoms with Gasteiger partial charge in [-0.25, -0.2) is 14.4 Å². The zero-order chi connectivity index (χ0) is 15.3. The molecular weight excluding hydrogens is 254 g/mol. The molecule has 0 unspecified atom stereocenters. The smallest absolute Gasteiger partial charge is 0.350 e. The van der Waals surface area contributed by atoms with Gasteiger partial charge in [0.25, 0.3) is 0 Å². The number of hydrogen-bond acceptors (Lipinski definition) is 7. The minimum absolute atomic E-state index is 0.0278. The summed E-state index contributed by atoms with van der Waals surface area (Å²) in [6.07, 6.45) is 0. The summed E-state index contributed by atoms with van der Waals surface area (Å²) in [5.41, 5.74) is 2.08. The molecule has 0 spiro atoms. The quantitative estimate of drug-likeness (QED) is 0.432. The van der Waals surface area contributed by atoms with Gasteiger partial charge in [-0.3, -0.25) is 5.73 Å². The molecule has 0 bridgehead atoms. The van der Waals surface area contributed by atoms with Gasteiger partial charge in [0, 0.05) is 0 Å². The average molecular weight is 275 g/mol. The summed E-state index contributed by atoms with van der Waals surface area (Å²) in [6, 6.07) is 0. The fourth-order valence-electron chi connectivity index (χ4n) is 1.10. The van der Waals surface area contributed by atoms with Crippen LogP contribution < -0.4 is 5.73 Å². The first-order chi connectivity index (χ1) is 8.59. The van der Waals surface area contributed by atoms with Crippen molar-refractivity contribution in [1.82, 2.24) is 0 Å². The molecular formula is C12H21NO6. The number of esters is 3. The van der Waals surface area contributed by atoms with Crippen LogP contribution in [0, 0.1) is 0 Å². The van der Waals surface area contributed by atoms with E-state index >= 15 is 0 Å². The van der Waals surface area contributed by atoms with Crippen molar-refractivity contribution in [2.45, 2.75) is 45.8 Å². The molecule has 19 heavy (non-hydrogen) atoms. The molecule has 2 N–H and O–H groups in total. The van der Waals surface area contributed by atoms with Crippen molar-refractivity contribution in [2.24, 2.45) is 5.73 Å². The molecule has 0 saturated carbocycles. The highest BCUT2D eigenvalue weighted by atomic mass is 16.6. The van der Waals surface area contributed by atoms with Crippen LogP contribution in [0.15, 0.2) is 0 Å². The highest BCUT2D eigenvalue weighted by molar-refractivity contribution is 6.23. The van der Waals surface area contributed by atoms with Crippen LogP contribution in [0.4, 0.5) is 0 Å². The first kappa shape index (κ1) is 17.4. The monoisotopic (exact) mass is 275 g/mol. The Hall–Kier alpha value is -1.63. The lowest BCUT2D eigenvalue weighted by Crippen LogP contribution is -2.64. The molecule has 0 atom stereocenters. The van der Waals surface area contributed by atoms with Gasteiger partial charge in [0.05, 0.1) is 13.2 Å². The largest absolute Gasteiger partial charge is 0.464 e. The molecule has 0 aromatic heterocycles. The van der Waals surface area contributed by atoms with Crippen LogP contribution in [0.2, 0.25) is 0 Å². The highest BCUT2D eigenvalue weighted by Gasteiger charge is 2.55. The maximum atomic E-state index is 12.0. The van der Waals surface area contributed by atoms with Gasteiger partial charge < -0.3 is 14.2 Å². The Kier molecular flexibility index (Phi) is 5.95. The number of carbonyl (C=O) groups is 3. The lowest BCUT2D eigenvalue weighted by Gasteiger charge is -2.27. The van der Waals surface area contributed by atoms with E-state index in [1.807, 2.05) is 0 Å². The van der Waals surface area contributed by atoms with Crippen molar-refractivity contribution in [2.75, 3.05) is 13.2 Å². The summed E-state index contributed by atoms with van der Waals surface area (Å²) in [4.78, 5) is 35.5. The molecule has 7 nitrogen and oxygen atoms in total. The molecule has 110 valence electrons. The molecule has 0 fully saturated rings. The van der Waals surface area contributed by atoms with E-state index < -0.39 is 29.0 Å².